The Kier molecular flexibility index (Phi) is 5.71. The summed E-state index contributed by atoms with van der Waals surface area (Å²) in [6, 6.07) is 8.24. The first-order valence-electron chi connectivity index (χ1n) is 7.10. The van der Waals surface area contributed by atoms with Crippen LogP contribution >= 0.6 is 0 Å². The maximum atomic E-state index is 8.79. The van der Waals surface area contributed by atoms with Crippen molar-refractivity contribution in [1.82, 2.24) is 20.3 Å². The maximum Gasteiger partial charge on any atom is 0.118 e. The molecule has 0 unspecified atom stereocenters. The summed E-state index contributed by atoms with van der Waals surface area (Å²) in [6.07, 6.45) is 2.60. The van der Waals surface area contributed by atoms with Gasteiger partial charge in [-0.2, -0.15) is 0 Å². The molecule has 0 aliphatic heterocycles. The largest absolute Gasteiger partial charge is 0.497 e. The zero-order chi connectivity index (χ0) is 15.1. The van der Waals surface area contributed by atoms with E-state index >= 15 is 0 Å². The van der Waals surface area contributed by atoms with Crippen molar-refractivity contribution >= 4 is 0 Å². The average Bonchev–Trinajstić information content (AvgIpc) is 2.98. The lowest BCUT2D eigenvalue weighted by molar-refractivity contribution is 0.276. The number of rotatable bonds is 8. The first-order valence-corrected chi connectivity index (χ1v) is 7.10. The van der Waals surface area contributed by atoms with E-state index in [-0.39, 0.29) is 12.6 Å². The van der Waals surface area contributed by atoms with Crippen LogP contribution in [-0.2, 0) is 13.1 Å². The Bertz CT molecular complexity index is 539. The van der Waals surface area contributed by atoms with Crippen LogP contribution in [0.1, 0.15) is 30.6 Å². The fourth-order valence-electron chi connectivity index (χ4n) is 2.03. The van der Waals surface area contributed by atoms with Gasteiger partial charge in [0.25, 0.3) is 0 Å². The van der Waals surface area contributed by atoms with Crippen LogP contribution in [0.25, 0.3) is 0 Å². The van der Waals surface area contributed by atoms with Crippen LogP contribution in [0.15, 0.2) is 30.5 Å². The minimum Gasteiger partial charge on any atom is -0.497 e. The Morgan fingerprint density at radius 2 is 2.10 bits per heavy atom. The maximum absolute atomic E-state index is 8.79. The molecule has 0 aliphatic rings. The third-order valence-electron chi connectivity index (χ3n) is 3.34. The zero-order valence-corrected chi connectivity index (χ0v) is 12.5. The lowest BCUT2D eigenvalue weighted by Crippen LogP contribution is -2.18. The van der Waals surface area contributed by atoms with Crippen LogP contribution in [0.5, 0.6) is 5.75 Å². The molecule has 1 heterocycles. The van der Waals surface area contributed by atoms with Crippen LogP contribution < -0.4 is 10.1 Å². The molecule has 0 amide bonds. The highest BCUT2D eigenvalue weighted by Crippen LogP contribution is 2.17. The van der Waals surface area contributed by atoms with Crippen molar-refractivity contribution in [3.63, 3.8) is 0 Å². The number of aliphatic hydroxyl groups is 1. The lowest BCUT2D eigenvalue weighted by atomic mass is 10.1. The molecule has 1 aromatic heterocycles. The second kappa shape index (κ2) is 7.75. The van der Waals surface area contributed by atoms with Gasteiger partial charge in [0.2, 0.25) is 0 Å². The molecule has 2 rings (SSSR count). The van der Waals surface area contributed by atoms with Crippen LogP contribution in [0.4, 0.5) is 0 Å². The Labute approximate surface area is 124 Å². The van der Waals surface area contributed by atoms with E-state index < -0.39 is 0 Å². The molecule has 0 bridgehead atoms. The van der Waals surface area contributed by atoms with Gasteiger partial charge < -0.3 is 15.2 Å². The van der Waals surface area contributed by atoms with Gasteiger partial charge in [-0.15, -0.1) is 5.10 Å². The summed E-state index contributed by atoms with van der Waals surface area (Å²) in [5, 5.41) is 20.3. The molecule has 0 radical (unpaired) electrons. The minimum absolute atomic E-state index is 0.169. The van der Waals surface area contributed by atoms with Crippen LogP contribution in [0.3, 0.4) is 0 Å². The number of nitrogens with one attached hydrogen (secondary N) is 1. The molecular weight excluding hydrogens is 268 g/mol. The molecule has 0 saturated carbocycles. The van der Waals surface area contributed by atoms with Crippen molar-refractivity contribution in [1.29, 1.82) is 0 Å². The predicted octanol–water partition coefficient (Wildman–Crippen LogP) is 1.52. The van der Waals surface area contributed by atoms with Gasteiger partial charge in [-0.1, -0.05) is 17.3 Å². The Balaban J connectivity index is 1.85. The average molecular weight is 290 g/mol. The molecule has 2 aromatic rings. The highest BCUT2D eigenvalue weighted by atomic mass is 16.5. The molecule has 0 aliphatic carbocycles. The van der Waals surface area contributed by atoms with Crippen molar-refractivity contribution in [2.45, 2.75) is 32.5 Å². The summed E-state index contributed by atoms with van der Waals surface area (Å²) < 4.78 is 6.91. The molecule has 1 atom stereocenters. The summed E-state index contributed by atoms with van der Waals surface area (Å²) >= 11 is 0. The second-order valence-corrected chi connectivity index (χ2v) is 4.93. The number of hydrogen-bond donors (Lipinski definition) is 2. The third kappa shape index (κ3) is 4.54. The second-order valence-electron chi connectivity index (χ2n) is 4.93. The van der Waals surface area contributed by atoms with E-state index in [1.807, 2.05) is 18.3 Å². The minimum atomic E-state index is 0.169. The third-order valence-corrected chi connectivity index (χ3v) is 3.34. The number of aliphatic hydroxyl groups excluding tert-OH is 1. The molecule has 6 nitrogen and oxygen atoms in total. The normalized spacial score (nSPS) is 12.3. The van der Waals surface area contributed by atoms with E-state index in [2.05, 4.69) is 34.7 Å². The molecule has 2 N–H and O–H groups in total. The number of aromatic nitrogens is 3. The molecule has 1 aromatic carbocycles. The number of methoxy groups -OCH3 is 1. The first kappa shape index (κ1) is 15.5. The number of aryl methyl sites for hydroxylation is 1. The van der Waals surface area contributed by atoms with Gasteiger partial charge in [-0.25, -0.2) is 0 Å². The van der Waals surface area contributed by atoms with Gasteiger partial charge in [0, 0.05) is 31.9 Å². The highest BCUT2D eigenvalue weighted by molar-refractivity contribution is 5.28. The monoisotopic (exact) mass is 290 g/mol. The van der Waals surface area contributed by atoms with E-state index in [4.69, 9.17) is 9.84 Å². The quantitative estimate of drug-likeness (QED) is 0.771. The van der Waals surface area contributed by atoms with Gasteiger partial charge in [0.1, 0.15) is 5.75 Å². The van der Waals surface area contributed by atoms with Gasteiger partial charge in [0.05, 0.1) is 12.8 Å². The van der Waals surface area contributed by atoms with Gasteiger partial charge in [0.15, 0.2) is 0 Å². The SMILES string of the molecule is COc1ccc([C@@H](C)NCc2cn(CCCO)nn2)cc1. The topological polar surface area (TPSA) is 72.2 Å². The standard InChI is InChI=1S/C15H22N4O2/c1-12(13-4-6-15(21-2)7-5-13)16-10-14-11-19(18-17-14)8-3-9-20/h4-7,11-12,16,20H,3,8-10H2,1-2H3/t12-/m1/s1. The summed E-state index contributed by atoms with van der Waals surface area (Å²) in [7, 11) is 1.66. The first-order chi connectivity index (χ1) is 10.2. The fraction of sp³-hybridized carbons (Fsp3) is 0.467. The highest BCUT2D eigenvalue weighted by Gasteiger charge is 2.07. The Morgan fingerprint density at radius 3 is 2.76 bits per heavy atom. The van der Waals surface area contributed by atoms with Crippen molar-refractivity contribution in [3.8, 4) is 5.75 Å². The Morgan fingerprint density at radius 1 is 1.33 bits per heavy atom. The summed E-state index contributed by atoms with van der Waals surface area (Å²) in [6.45, 7) is 3.63. The number of ether oxygens (including phenoxy) is 1. The van der Waals surface area contributed by atoms with Crippen molar-refractivity contribution in [3.05, 3.63) is 41.7 Å². The van der Waals surface area contributed by atoms with Gasteiger partial charge in [-0.3, -0.25) is 4.68 Å². The zero-order valence-electron chi connectivity index (χ0n) is 12.5. The summed E-state index contributed by atoms with van der Waals surface area (Å²) in [4.78, 5) is 0. The van der Waals surface area contributed by atoms with E-state index in [1.165, 1.54) is 5.56 Å². The van der Waals surface area contributed by atoms with Gasteiger partial charge in [-0.05, 0) is 31.0 Å². The molecular formula is C15H22N4O2. The van der Waals surface area contributed by atoms with Crippen molar-refractivity contribution in [2.75, 3.05) is 13.7 Å². The van der Waals surface area contributed by atoms with E-state index in [0.717, 1.165) is 11.4 Å². The fourth-order valence-corrected chi connectivity index (χ4v) is 2.03. The molecule has 21 heavy (non-hydrogen) atoms. The Hall–Kier alpha value is -1.92. The molecule has 6 heteroatoms. The van der Waals surface area contributed by atoms with E-state index in [0.29, 0.717) is 19.5 Å². The predicted molar refractivity (Wildman–Crippen MR) is 80.0 cm³/mol. The van der Waals surface area contributed by atoms with Crippen LogP contribution in [-0.4, -0.2) is 33.8 Å². The van der Waals surface area contributed by atoms with Crippen LogP contribution in [0, 0.1) is 0 Å². The van der Waals surface area contributed by atoms with Crippen LogP contribution in [0.2, 0.25) is 0 Å². The lowest BCUT2D eigenvalue weighted by Gasteiger charge is -2.13. The number of hydrogen-bond acceptors (Lipinski definition) is 5. The molecule has 0 fully saturated rings. The van der Waals surface area contributed by atoms with E-state index in [1.54, 1.807) is 11.8 Å². The molecule has 114 valence electrons. The number of nitrogens with zero attached hydrogens (tertiary/aromatic N) is 3. The van der Waals surface area contributed by atoms with Crippen molar-refractivity contribution in [2.24, 2.45) is 0 Å². The van der Waals surface area contributed by atoms with Gasteiger partial charge >= 0.3 is 0 Å². The smallest absolute Gasteiger partial charge is 0.118 e. The van der Waals surface area contributed by atoms with Crippen molar-refractivity contribution < 1.29 is 9.84 Å². The summed E-state index contributed by atoms with van der Waals surface area (Å²) in [5.41, 5.74) is 2.09. The molecule has 0 spiro atoms. The summed E-state index contributed by atoms with van der Waals surface area (Å²) in [5.74, 6) is 0.859. The van der Waals surface area contributed by atoms with E-state index in [9.17, 15) is 0 Å². The number of benzene rings is 1. The molecule has 0 saturated heterocycles.